The van der Waals surface area contributed by atoms with Crippen LogP contribution >= 0.6 is 0 Å². The maximum Gasteiger partial charge on any atom is -0.00988 e. The second kappa shape index (κ2) is 11.8. The SMILES string of the molecule is c1ccc(-c2ccc(-c3ccc4c(ccc5cc(-c6cc7ccccc7cc6-c6ccccc6)ccc54)c3)cc2-c2ccccc2)cc1. The second-order valence-electron chi connectivity index (χ2n) is 12.5. The first-order valence-electron chi connectivity index (χ1n) is 16.6. The summed E-state index contributed by atoms with van der Waals surface area (Å²) in [5.41, 5.74) is 12.4. The molecule has 0 nitrogen and oxygen atoms in total. The van der Waals surface area contributed by atoms with Crippen LogP contribution in [0.25, 0.3) is 88.0 Å². The van der Waals surface area contributed by atoms with Crippen molar-refractivity contribution in [3.8, 4) is 55.6 Å². The first-order valence-corrected chi connectivity index (χ1v) is 16.6. The Bertz CT molecular complexity index is 2580. The van der Waals surface area contributed by atoms with Crippen LogP contribution in [0, 0.1) is 0 Å². The van der Waals surface area contributed by atoms with Gasteiger partial charge in [-0.2, -0.15) is 0 Å². The molecule has 48 heavy (non-hydrogen) atoms. The molecular formula is C48H32. The summed E-state index contributed by atoms with van der Waals surface area (Å²) >= 11 is 0. The molecule has 0 amide bonds. The molecule has 0 heteroatoms. The molecule has 0 aliphatic carbocycles. The van der Waals surface area contributed by atoms with Crippen LogP contribution in [0.1, 0.15) is 0 Å². The lowest BCUT2D eigenvalue weighted by atomic mass is 9.89. The van der Waals surface area contributed by atoms with Gasteiger partial charge < -0.3 is 0 Å². The predicted molar refractivity (Wildman–Crippen MR) is 206 cm³/mol. The first-order chi connectivity index (χ1) is 23.8. The van der Waals surface area contributed by atoms with Crippen molar-refractivity contribution in [3.05, 3.63) is 194 Å². The molecule has 0 spiro atoms. The average molecular weight is 609 g/mol. The molecule has 0 aliphatic heterocycles. The Labute approximate surface area is 281 Å². The lowest BCUT2D eigenvalue weighted by Gasteiger charge is -2.15. The van der Waals surface area contributed by atoms with Crippen molar-refractivity contribution in [1.82, 2.24) is 0 Å². The van der Waals surface area contributed by atoms with Crippen LogP contribution < -0.4 is 0 Å². The van der Waals surface area contributed by atoms with E-state index in [0.717, 1.165) is 0 Å². The molecule has 9 aromatic carbocycles. The van der Waals surface area contributed by atoms with E-state index >= 15 is 0 Å². The smallest absolute Gasteiger partial charge is 0.00988 e. The second-order valence-corrected chi connectivity index (χ2v) is 12.5. The van der Waals surface area contributed by atoms with Gasteiger partial charge in [-0.1, -0.05) is 164 Å². The van der Waals surface area contributed by atoms with Crippen LogP contribution in [0.3, 0.4) is 0 Å². The molecule has 9 rings (SSSR count). The van der Waals surface area contributed by atoms with Crippen molar-refractivity contribution >= 4 is 32.3 Å². The lowest BCUT2D eigenvalue weighted by molar-refractivity contribution is 1.57. The fourth-order valence-electron chi connectivity index (χ4n) is 7.20. The Kier molecular flexibility index (Phi) is 6.91. The van der Waals surface area contributed by atoms with Gasteiger partial charge in [-0.25, -0.2) is 0 Å². The molecule has 0 saturated heterocycles. The van der Waals surface area contributed by atoms with Gasteiger partial charge in [-0.3, -0.25) is 0 Å². The third kappa shape index (κ3) is 5.05. The molecule has 224 valence electrons. The summed E-state index contributed by atoms with van der Waals surface area (Å²) < 4.78 is 0. The summed E-state index contributed by atoms with van der Waals surface area (Å²) in [6.07, 6.45) is 0. The summed E-state index contributed by atoms with van der Waals surface area (Å²) in [4.78, 5) is 0. The van der Waals surface area contributed by atoms with Crippen LogP contribution in [0.5, 0.6) is 0 Å². The largest absolute Gasteiger partial charge is 0.0622 e. The third-order valence-electron chi connectivity index (χ3n) is 9.64. The van der Waals surface area contributed by atoms with Gasteiger partial charge in [0.1, 0.15) is 0 Å². The van der Waals surface area contributed by atoms with Crippen molar-refractivity contribution in [3.63, 3.8) is 0 Å². The van der Waals surface area contributed by atoms with Crippen LogP contribution in [0.4, 0.5) is 0 Å². The number of fused-ring (bicyclic) bond motifs is 4. The Balaban J connectivity index is 1.14. The minimum Gasteiger partial charge on any atom is -0.0622 e. The van der Waals surface area contributed by atoms with E-state index in [4.69, 9.17) is 0 Å². The summed E-state index contributed by atoms with van der Waals surface area (Å²) in [5.74, 6) is 0. The van der Waals surface area contributed by atoms with Gasteiger partial charge in [0.2, 0.25) is 0 Å². The molecule has 0 aliphatic rings. The monoisotopic (exact) mass is 608 g/mol. The topological polar surface area (TPSA) is 0 Å². The van der Waals surface area contributed by atoms with Crippen molar-refractivity contribution in [2.75, 3.05) is 0 Å². The van der Waals surface area contributed by atoms with Gasteiger partial charge in [-0.05, 0) is 118 Å². The Morgan fingerprint density at radius 2 is 0.583 bits per heavy atom. The van der Waals surface area contributed by atoms with Gasteiger partial charge >= 0.3 is 0 Å². The lowest BCUT2D eigenvalue weighted by Crippen LogP contribution is -1.89. The summed E-state index contributed by atoms with van der Waals surface area (Å²) in [6, 6.07) is 70.8. The Morgan fingerprint density at radius 1 is 0.188 bits per heavy atom. The number of rotatable bonds is 5. The quantitative estimate of drug-likeness (QED) is 0.171. The van der Waals surface area contributed by atoms with Crippen molar-refractivity contribution < 1.29 is 0 Å². The van der Waals surface area contributed by atoms with E-state index in [-0.39, 0.29) is 0 Å². The van der Waals surface area contributed by atoms with Gasteiger partial charge in [0.05, 0.1) is 0 Å². The van der Waals surface area contributed by atoms with E-state index in [1.54, 1.807) is 0 Å². The molecule has 0 bridgehead atoms. The first kappa shape index (κ1) is 28.0. The minimum atomic E-state index is 1.22. The molecule has 9 aromatic rings. The maximum absolute atomic E-state index is 2.35. The van der Waals surface area contributed by atoms with Gasteiger partial charge in [0.25, 0.3) is 0 Å². The fraction of sp³-hybridized carbons (Fsp3) is 0. The Morgan fingerprint density at radius 3 is 1.15 bits per heavy atom. The maximum atomic E-state index is 2.35. The van der Waals surface area contributed by atoms with E-state index in [1.807, 2.05) is 0 Å². The van der Waals surface area contributed by atoms with Crippen molar-refractivity contribution in [2.45, 2.75) is 0 Å². The highest BCUT2D eigenvalue weighted by atomic mass is 14.2. The zero-order chi connectivity index (χ0) is 31.9. The molecule has 0 aromatic heterocycles. The molecular weight excluding hydrogens is 577 g/mol. The highest BCUT2D eigenvalue weighted by Gasteiger charge is 2.13. The van der Waals surface area contributed by atoms with Gasteiger partial charge in [-0.15, -0.1) is 0 Å². The zero-order valence-electron chi connectivity index (χ0n) is 26.5. The average Bonchev–Trinajstić information content (AvgIpc) is 3.17. The van der Waals surface area contributed by atoms with E-state index in [2.05, 4.69) is 194 Å². The highest BCUT2D eigenvalue weighted by molar-refractivity contribution is 6.10. The Hall–Kier alpha value is -6.24. The summed E-state index contributed by atoms with van der Waals surface area (Å²) in [5, 5.41) is 7.55. The third-order valence-corrected chi connectivity index (χ3v) is 9.64. The molecule has 0 N–H and O–H groups in total. The van der Waals surface area contributed by atoms with Crippen molar-refractivity contribution in [2.24, 2.45) is 0 Å². The molecule has 0 saturated carbocycles. The van der Waals surface area contributed by atoms with E-state index < -0.39 is 0 Å². The van der Waals surface area contributed by atoms with Gasteiger partial charge in [0.15, 0.2) is 0 Å². The zero-order valence-corrected chi connectivity index (χ0v) is 26.5. The van der Waals surface area contributed by atoms with Crippen molar-refractivity contribution in [1.29, 1.82) is 0 Å². The number of hydrogen-bond donors (Lipinski definition) is 0. The van der Waals surface area contributed by atoms with E-state index in [1.165, 1.54) is 88.0 Å². The van der Waals surface area contributed by atoms with E-state index in [9.17, 15) is 0 Å². The van der Waals surface area contributed by atoms with Crippen LogP contribution in [0.2, 0.25) is 0 Å². The molecule has 0 fully saturated rings. The highest BCUT2D eigenvalue weighted by Crippen LogP contribution is 2.40. The van der Waals surface area contributed by atoms with E-state index in [0.29, 0.717) is 0 Å². The summed E-state index contributed by atoms with van der Waals surface area (Å²) in [6.45, 7) is 0. The standard InChI is InChI=1S/C48H32/c1-4-12-33(13-5-1)43-25-23-39(32-46(43)34-14-6-2-7-15-34)38-22-26-44-40(28-38)20-21-41-29-42(24-27-45(41)44)48-31-37-19-11-10-18-36(37)30-47(48)35-16-8-3-9-17-35/h1-32H. The van der Waals surface area contributed by atoms with Gasteiger partial charge in [0, 0.05) is 0 Å². The number of hydrogen-bond acceptors (Lipinski definition) is 0. The minimum absolute atomic E-state index is 1.22. The van der Waals surface area contributed by atoms with Crippen LogP contribution in [-0.4, -0.2) is 0 Å². The summed E-state index contributed by atoms with van der Waals surface area (Å²) in [7, 11) is 0. The van der Waals surface area contributed by atoms with Crippen LogP contribution in [-0.2, 0) is 0 Å². The molecule has 0 heterocycles. The predicted octanol–water partition coefficient (Wildman–Crippen LogP) is 13.5. The normalized spacial score (nSPS) is 11.3. The molecule has 0 radical (unpaired) electrons. The fourth-order valence-corrected chi connectivity index (χ4v) is 7.20. The molecule has 0 unspecified atom stereocenters. The molecule has 0 atom stereocenters. The number of benzene rings is 9. The van der Waals surface area contributed by atoms with Crippen LogP contribution in [0.15, 0.2) is 194 Å².